The summed E-state index contributed by atoms with van der Waals surface area (Å²) >= 11 is 0. The van der Waals surface area contributed by atoms with E-state index in [4.69, 9.17) is 4.74 Å². The number of aromatic nitrogens is 1. The average Bonchev–Trinajstić information content (AvgIpc) is 2.95. The Hall–Kier alpha value is -3.22. The summed E-state index contributed by atoms with van der Waals surface area (Å²) in [6.07, 6.45) is 7.89. The lowest BCUT2D eigenvalue weighted by Gasteiger charge is -2.34. The fourth-order valence-electron chi connectivity index (χ4n) is 5.32. The lowest BCUT2D eigenvalue weighted by molar-refractivity contribution is 0.0622. The Bertz CT molecular complexity index is 1140. The highest BCUT2D eigenvalue weighted by molar-refractivity contribution is 5.92. The predicted molar refractivity (Wildman–Crippen MR) is 140 cm³/mol. The van der Waals surface area contributed by atoms with Gasteiger partial charge in [0.1, 0.15) is 17.2 Å². The molecule has 0 bridgehead atoms. The van der Waals surface area contributed by atoms with Crippen LogP contribution >= 0.6 is 0 Å². The molecule has 0 atom stereocenters. The Morgan fingerprint density at radius 1 is 0.944 bits per heavy atom. The van der Waals surface area contributed by atoms with Gasteiger partial charge in [0.2, 0.25) is 0 Å². The monoisotopic (exact) mass is 485 g/mol. The number of pyridine rings is 1. The topological polar surface area (TPSA) is 65.9 Å². The van der Waals surface area contributed by atoms with Gasteiger partial charge >= 0.3 is 0 Å². The molecule has 0 spiro atoms. The molecule has 1 saturated heterocycles. The SMILES string of the molecule is O=C(c1ccc(Oc2ccc(C3CCCCC3)cc2CO)cn1)N1CCN(Cc2ccccc2)CC1. The molecule has 6 heteroatoms. The molecule has 0 radical (unpaired) electrons. The van der Waals surface area contributed by atoms with E-state index in [9.17, 15) is 9.90 Å². The third-order valence-electron chi connectivity index (χ3n) is 7.42. The van der Waals surface area contributed by atoms with Crippen molar-refractivity contribution in [3.8, 4) is 11.5 Å². The van der Waals surface area contributed by atoms with Gasteiger partial charge in [0.05, 0.1) is 12.8 Å². The van der Waals surface area contributed by atoms with E-state index in [1.165, 1.54) is 43.2 Å². The van der Waals surface area contributed by atoms with Gasteiger partial charge in [0, 0.05) is 38.3 Å². The van der Waals surface area contributed by atoms with E-state index in [-0.39, 0.29) is 12.5 Å². The van der Waals surface area contributed by atoms with Crippen LogP contribution in [-0.2, 0) is 13.2 Å². The van der Waals surface area contributed by atoms with E-state index in [0.717, 1.165) is 25.2 Å². The minimum atomic E-state index is -0.0733. The number of carbonyl (C=O) groups excluding carboxylic acids is 1. The molecule has 2 fully saturated rings. The Morgan fingerprint density at radius 2 is 1.72 bits per heavy atom. The molecular formula is C30H35N3O3. The molecule has 1 amide bonds. The van der Waals surface area contributed by atoms with Crippen LogP contribution in [0, 0.1) is 0 Å². The quantitative estimate of drug-likeness (QED) is 0.487. The van der Waals surface area contributed by atoms with Crippen LogP contribution in [0.25, 0.3) is 0 Å². The summed E-state index contributed by atoms with van der Waals surface area (Å²) in [5.74, 6) is 1.71. The Balaban J connectivity index is 1.17. The zero-order valence-electron chi connectivity index (χ0n) is 20.8. The van der Waals surface area contributed by atoms with Gasteiger partial charge in [-0.1, -0.05) is 55.7 Å². The molecule has 3 aromatic rings. The average molecular weight is 486 g/mol. The van der Waals surface area contributed by atoms with Crippen LogP contribution in [0.4, 0.5) is 0 Å². The van der Waals surface area contributed by atoms with Gasteiger partial charge in [-0.2, -0.15) is 0 Å². The number of hydrogen-bond acceptors (Lipinski definition) is 5. The van der Waals surface area contributed by atoms with E-state index in [0.29, 0.717) is 36.2 Å². The van der Waals surface area contributed by atoms with Crippen LogP contribution in [0.3, 0.4) is 0 Å². The van der Waals surface area contributed by atoms with Crippen molar-refractivity contribution in [3.05, 3.63) is 89.2 Å². The lowest BCUT2D eigenvalue weighted by atomic mass is 9.83. The van der Waals surface area contributed by atoms with Crippen LogP contribution < -0.4 is 4.74 Å². The second-order valence-electron chi connectivity index (χ2n) is 9.90. The maximum Gasteiger partial charge on any atom is 0.272 e. The first-order valence-corrected chi connectivity index (χ1v) is 13.1. The van der Waals surface area contributed by atoms with Gasteiger partial charge in [-0.3, -0.25) is 9.69 Å². The molecule has 2 heterocycles. The Kier molecular flexibility index (Phi) is 7.94. The molecule has 36 heavy (non-hydrogen) atoms. The fourth-order valence-corrected chi connectivity index (χ4v) is 5.32. The number of rotatable bonds is 7. The largest absolute Gasteiger partial charge is 0.455 e. The van der Waals surface area contributed by atoms with Crippen LogP contribution in [0.2, 0.25) is 0 Å². The van der Waals surface area contributed by atoms with Crippen LogP contribution in [0.15, 0.2) is 66.9 Å². The molecule has 1 aromatic heterocycles. The summed E-state index contributed by atoms with van der Waals surface area (Å²) in [7, 11) is 0. The van der Waals surface area contributed by atoms with E-state index in [2.05, 4.69) is 46.3 Å². The van der Waals surface area contributed by atoms with Gasteiger partial charge in [-0.05, 0) is 54.2 Å². The highest BCUT2D eigenvalue weighted by atomic mass is 16.5. The standard InChI is InChI=1S/C30H35N3O3/c34-22-26-19-25(24-9-5-2-6-10-24)11-14-29(26)36-27-12-13-28(31-20-27)30(35)33-17-15-32(16-18-33)21-23-7-3-1-4-8-23/h1,3-4,7-8,11-14,19-20,24,34H,2,5-6,9-10,15-18,21-22H2. The summed E-state index contributed by atoms with van der Waals surface area (Å²) in [5.41, 5.74) is 3.79. The van der Waals surface area contributed by atoms with Crippen LogP contribution in [0.5, 0.6) is 11.5 Å². The molecule has 5 rings (SSSR count). The molecule has 1 N–H and O–H groups in total. The van der Waals surface area contributed by atoms with Gasteiger partial charge in [-0.25, -0.2) is 4.98 Å². The number of hydrogen-bond donors (Lipinski definition) is 1. The van der Waals surface area contributed by atoms with Gasteiger partial charge in [-0.15, -0.1) is 0 Å². The molecule has 1 aliphatic heterocycles. The van der Waals surface area contributed by atoms with Crippen molar-refractivity contribution in [2.24, 2.45) is 0 Å². The summed E-state index contributed by atoms with van der Waals surface area (Å²) in [6, 6.07) is 20.1. The highest BCUT2D eigenvalue weighted by Gasteiger charge is 2.23. The second-order valence-corrected chi connectivity index (χ2v) is 9.90. The van der Waals surface area contributed by atoms with E-state index in [1.807, 2.05) is 17.0 Å². The molecule has 1 aliphatic carbocycles. The first-order chi connectivity index (χ1) is 17.7. The Morgan fingerprint density at radius 3 is 2.42 bits per heavy atom. The number of amides is 1. The second kappa shape index (κ2) is 11.7. The van der Waals surface area contributed by atoms with E-state index >= 15 is 0 Å². The summed E-state index contributed by atoms with van der Waals surface area (Å²) in [5, 5.41) is 9.93. The van der Waals surface area contributed by atoms with Crippen LogP contribution in [-0.4, -0.2) is 52.0 Å². The fraction of sp³-hybridized carbons (Fsp3) is 0.400. The minimum absolute atomic E-state index is 0.0474. The first-order valence-electron chi connectivity index (χ1n) is 13.1. The lowest BCUT2D eigenvalue weighted by Crippen LogP contribution is -2.48. The number of aliphatic hydroxyl groups is 1. The molecule has 2 aromatic carbocycles. The van der Waals surface area contributed by atoms with E-state index < -0.39 is 0 Å². The maximum absolute atomic E-state index is 13.0. The summed E-state index contributed by atoms with van der Waals surface area (Å²) < 4.78 is 6.04. The molecule has 1 saturated carbocycles. The van der Waals surface area contributed by atoms with E-state index in [1.54, 1.807) is 18.3 Å². The molecule has 2 aliphatic rings. The van der Waals surface area contributed by atoms with Crippen molar-refractivity contribution in [2.75, 3.05) is 26.2 Å². The molecular weight excluding hydrogens is 450 g/mol. The third-order valence-corrected chi connectivity index (χ3v) is 7.42. The molecule has 0 unspecified atom stereocenters. The van der Waals surface area contributed by atoms with Crippen molar-refractivity contribution in [1.82, 2.24) is 14.8 Å². The van der Waals surface area contributed by atoms with Gasteiger partial charge in [0.15, 0.2) is 0 Å². The van der Waals surface area contributed by atoms with Gasteiger partial charge in [0.25, 0.3) is 5.91 Å². The first kappa shape index (κ1) is 24.5. The summed E-state index contributed by atoms with van der Waals surface area (Å²) in [6.45, 7) is 3.92. The third kappa shape index (κ3) is 5.94. The number of nitrogens with zero attached hydrogens (tertiary/aromatic N) is 3. The van der Waals surface area contributed by atoms with Crippen molar-refractivity contribution in [3.63, 3.8) is 0 Å². The predicted octanol–water partition coefficient (Wildman–Crippen LogP) is 5.37. The Labute approximate surface area is 213 Å². The number of benzene rings is 2. The molecule has 188 valence electrons. The maximum atomic E-state index is 13.0. The van der Waals surface area contributed by atoms with Crippen molar-refractivity contribution in [1.29, 1.82) is 0 Å². The number of ether oxygens (including phenoxy) is 1. The number of aliphatic hydroxyl groups excluding tert-OH is 1. The van der Waals surface area contributed by atoms with Crippen LogP contribution in [0.1, 0.15) is 65.2 Å². The smallest absolute Gasteiger partial charge is 0.272 e. The van der Waals surface area contributed by atoms with Crippen molar-refractivity contribution in [2.45, 2.75) is 51.2 Å². The normalized spacial score (nSPS) is 17.2. The summed E-state index contributed by atoms with van der Waals surface area (Å²) in [4.78, 5) is 21.6. The zero-order chi connectivity index (χ0) is 24.7. The zero-order valence-corrected chi connectivity index (χ0v) is 20.8. The van der Waals surface area contributed by atoms with Gasteiger partial charge < -0.3 is 14.7 Å². The van der Waals surface area contributed by atoms with Crippen molar-refractivity contribution >= 4 is 5.91 Å². The minimum Gasteiger partial charge on any atom is -0.455 e. The van der Waals surface area contributed by atoms with Crippen molar-refractivity contribution < 1.29 is 14.6 Å². The highest BCUT2D eigenvalue weighted by Crippen LogP contribution is 2.35. The number of carbonyl (C=O) groups is 1. The molecule has 6 nitrogen and oxygen atoms in total. The number of piperazine rings is 1.